The summed E-state index contributed by atoms with van der Waals surface area (Å²) in [5.41, 5.74) is 0.701. The van der Waals surface area contributed by atoms with Crippen molar-refractivity contribution in [3.05, 3.63) is 29.8 Å². The number of hydrogen-bond donors (Lipinski definition) is 2. The summed E-state index contributed by atoms with van der Waals surface area (Å²) in [5, 5.41) is 18.1. The number of benzene rings is 1. The number of aromatic hydroxyl groups is 1. The first-order valence-electron chi connectivity index (χ1n) is 5.89. The van der Waals surface area contributed by atoms with E-state index >= 15 is 0 Å². The number of carbonyl (C=O) groups is 1. The van der Waals surface area contributed by atoms with Gasteiger partial charge in [-0.25, -0.2) is 0 Å². The highest BCUT2D eigenvalue weighted by Gasteiger charge is 1.99. The zero-order valence-corrected chi connectivity index (χ0v) is 10.4. The molecular weight excluding hydrogens is 232 g/mol. The van der Waals surface area contributed by atoms with Crippen molar-refractivity contribution in [3.8, 4) is 11.5 Å². The second-order valence-electron chi connectivity index (χ2n) is 3.97. The number of allylic oxidation sites excluding steroid dienone is 1. The Kier molecular flexibility index (Phi) is 5.77. The number of carboxylic acid groups (broad SMARTS) is 1. The Morgan fingerprint density at radius 2 is 2.17 bits per heavy atom. The Bertz CT molecular complexity index is 424. The van der Waals surface area contributed by atoms with E-state index in [1.165, 1.54) is 0 Å². The molecule has 0 atom stereocenters. The van der Waals surface area contributed by atoms with Crippen LogP contribution in [0.25, 0.3) is 6.08 Å². The number of phenolic OH excluding ortho intramolecular Hbond substituents is 1. The van der Waals surface area contributed by atoms with Crippen LogP contribution in [0.4, 0.5) is 0 Å². The molecule has 0 aliphatic carbocycles. The minimum atomic E-state index is -0.760. The van der Waals surface area contributed by atoms with Crippen molar-refractivity contribution in [2.75, 3.05) is 7.11 Å². The summed E-state index contributed by atoms with van der Waals surface area (Å²) in [5.74, 6) is 0.139. The van der Waals surface area contributed by atoms with E-state index in [9.17, 15) is 9.90 Å². The van der Waals surface area contributed by atoms with Crippen LogP contribution in [-0.2, 0) is 4.79 Å². The third kappa shape index (κ3) is 4.91. The first-order valence-corrected chi connectivity index (χ1v) is 5.89. The number of unbranched alkanes of at least 4 members (excludes halogenated alkanes) is 2. The molecule has 0 fully saturated rings. The number of methoxy groups -OCH3 is 1. The van der Waals surface area contributed by atoms with Gasteiger partial charge in [-0.05, 0) is 37.5 Å². The highest BCUT2D eigenvalue weighted by Crippen LogP contribution is 2.24. The normalized spacial score (nSPS) is 10.7. The van der Waals surface area contributed by atoms with Gasteiger partial charge < -0.3 is 14.9 Å². The van der Waals surface area contributed by atoms with Crippen LogP contribution in [0.3, 0.4) is 0 Å². The highest BCUT2D eigenvalue weighted by atomic mass is 16.5. The van der Waals surface area contributed by atoms with E-state index in [0.29, 0.717) is 17.7 Å². The molecule has 4 nitrogen and oxygen atoms in total. The average molecular weight is 250 g/mol. The maximum atomic E-state index is 10.3. The van der Waals surface area contributed by atoms with E-state index in [1.807, 2.05) is 12.2 Å². The Hall–Kier alpha value is -1.97. The van der Waals surface area contributed by atoms with E-state index in [-0.39, 0.29) is 12.2 Å². The largest absolute Gasteiger partial charge is 0.507 e. The van der Waals surface area contributed by atoms with Crippen molar-refractivity contribution in [2.24, 2.45) is 0 Å². The van der Waals surface area contributed by atoms with Gasteiger partial charge >= 0.3 is 5.97 Å². The fraction of sp³-hybridized carbons (Fsp3) is 0.357. The smallest absolute Gasteiger partial charge is 0.303 e. The van der Waals surface area contributed by atoms with Gasteiger partial charge in [-0.2, -0.15) is 0 Å². The molecule has 1 aromatic carbocycles. The summed E-state index contributed by atoms with van der Waals surface area (Å²) in [4.78, 5) is 10.3. The molecule has 0 saturated heterocycles. The van der Waals surface area contributed by atoms with E-state index < -0.39 is 5.97 Å². The lowest BCUT2D eigenvalue weighted by molar-refractivity contribution is -0.137. The van der Waals surface area contributed by atoms with E-state index in [4.69, 9.17) is 9.84 Å². The summed E-state index contributed by atoms with van der Waals surface area (Å²) in [6.45, 7) is 0. The van der Waals surface area contributed by atoms with Crippen LogP contribution in [0.5, 0.6) is 11.5 Å². The van der Waals surface area contributed by atoms with Crippen molar-refractivity contribution < 1.29 is 19.7 Å². The van der Waals surface area contributed by atoms with Crippen LogP contribution >= 0.6 is 0 Å². The molecule has 0 radical (unpaired) electrons. The van der Waals surface area contributed by atoms with E-state index in [0.717, 1.165) is 12.8 Å². The molecule has 0 saturated carbocycles. The summed E-state index contributed by atoms with van der Waals surface area (Å²) in [6, 6.07) is 5.03. The van der Waals surface area contributed by atoms with Gasteiger partial charge in [0.05, 0.1) is 7.11 Å². The Morgan fingerprint density at radius 1 is 1.39 bits per heavy atom. The minimum Gasteiger partial charge on any atom is -0.507 e. The van der Waals surface area contributed by atoms with E-state index in [1.54, 1.807) is 25.3 Å². The molecule has 0 aliphatic heterocycles. The average Bonchev–Trinajstić information content (AvgIpc) is 2.35. The van der Waals surface area contributed by atoms with Gasteiger partial charge in [0.25, 0.3) is 0 Å². The Balaban J connectivity index is 2.43. The monoisotopic (exact) mass is 250 g/mol. The number of phenols is 1. The molecule has 0 aliphatic rings. The van der Waals surface area contributed by atoms with Crippen molar-refractivity contribution >= 4 is 12.0 Å². The second kappa shape index (κ2) is 7.37. The first kappa shape index (κ1) is 14.1. The van der Waals surface area contributed by atoms with Crippen LogP contribution in [0.1, 0.15) is 31.2 Å². The third-order valence-corrected chi connectivity index (χ3v) is 2.54. The lowest BCUT2D eigenvalue weighted by atomic mass is 10.1. The standard InChI is InChI=1S/C14H18O4/c1-18-12-8-9-13(15)11(10-12)6-4-2-3-5-7-14(16)17/h4,6,8-10,15H,2-3,5,7H2,1H3,(H,16,17). The molecule has 2 N–H and O–H groups in total. The summed E-state index contributed by atoms with van der Waals surface area (Å²) in [6.07, 6.45) is 6.24. The van der Waals surface area contributed by atoms with Crippen molar-refractivity contribution in [1.82, 2.24) is 0 Å². The van der Waals surface area contributed by atoms with Gasteiger partial charge in [-0.15, -0.1) is 0 Å². The molecule has 4 heteroatoms. The quantitative estimate of drug-likeness (QED) is 0.730. The SMILES string of the molecule is COc1ccc(O)c(C=CCCCCC(=O)O)c1. The number of hydrogen-bond acceptors (Lipinski definition) is 3. The molecule has 0 unspecified atom stereocenters. The number of aliphatic carboxylic acids is 1. The van der Waals surface area contributed by atoms with Gasteiger partial charge in [0.15, 0.2) is 0 Å². The van der Waals surface area contributed by atoms with Crippen LogP contribution in [-0.4, -0.2) is 23.3 Å². The molecule has 1 aromatic rings. The lowest BCUT2D eigenvalue weighted by Crippen LogP contribution is -1.92. The third-order valence-electron chi connectivity index (χ3n) is 2.54. The minimum absolute atomic E-state index is 0.206. The molecular formula is C14H18O4. The molecule has 0 spiro atoms. The molecule has 0 heterocycles. The first-order chi connectivity index (χ1) is 8.63. The van der Waals surface area contributed by atoms with Crippen molar-refractivity contribution in [3.63, 3.8) is 0 Å². The van der Waals surface area contributed by atoms with E-state index in [2.05, 4.69) is 0 Å². The van der Waals surface area contributed by atoms with Crippen molar-refractivity contribution in [1.29, 1.82) is 0 Å². The summed E-state index contributed by atoms with van der Waals surface area (Å²) in [7, 11) is 1.58. The van der Waals surface area contributed by atoms with Crippen LogP contribution in [0.15, 0.2) is 24.3 Å². The predicted molar refractivity (Wildman–Crippen MR) is 69.8 cm³/mol. The molecule has 98 valence electrons. The van der Waals surface area contributed by atoms with Gasteiger partial charge in [0.1, 0.15) is 11.5 Å². The van der Waals surface area contributed by atoms with Crippen LogP contribution in [0, 0.1) is 0 Å². The Labute approximate surface area is 107 Å². The number of carboxylic acids is 1. The maximum absolute atomic E-state index is 10.3. The zero-order valence-electron chi connectivity index (χ0n) is 10.4. The van der Waals surface area contributed by atoms with Crippen LogP contribution < -0.4 is 4.74 Å². The second-order valence-corrected chi connectivity index (χ2v) is 3.97. The van der Waals surface area contributed by atoms with Gasteiger partial charge in [0.2, 0.25) is 0 Å². The molecule has 0 bridgehead atoms. The lowest BCUT2D eigenvalue weighted by Gasteiger charge is -2.03. The topological polar surface area (TPSA) is 66.8 Å². The summed E-state index contributed by atoms with van der Waals surface area (Å²) < 4.78 is 5.07. The number of rotatable bonds is 7. The molecule has 0 amide bonds. The fourth-order valence-corrected chi connectivity index (χ4v) is 1.54. The molecule has 0 aromatic heterocycles. The zero-order chi connectivity index (χ0) is 13.4. The highest BCUT2D eigenvalue weighted by molar-refractivity contribution is 5.66. The van der Waals surface area contributed by atoms with Gasteiger partial charge in [0, 0.05) is 12.0 Å². The van der Waals surface area contributed by atoms with Gasteiger partial charge in [-0.1, -0.05) is 12.2 Å². The molecule has 18 heavy (non-hydrogen) atoms. The number of ether oxygens (including phenoxy) is 1. The maximum Gasteiger partial charge on any atom is 0.303 e. The van der Waals surface area contributed by atoms with Crippen LogP contribution in [0.2, 0.25) is 0 Å². The van der Waals surface area contributed by atoms with Crippen molar-refractivity contribution in [2.45, 2.75) is 25.7 Å². The predicted octanol–water partition coefficient (Wildman–Crippen LogP) is 3.06. The Morgan fingerprint density at radius 3 is 2.83 bits per heavy atom. The molecule has 1 rings (SSSR count). The summed E-state index contributed by atoms with van der Waals surface area (Å²) >= 11 is 0. The van der Waals surface area contributed by atoms with Gasteiger partial charge in [-0.3, -0.25) is 4.79 Å². The fourth-order valence-electron chi connectivity index (χ4n) is 1.54.